The van der Waals surface area contributed by atoms with E-state index in [2.05, 4.69) is 0 Å². The fraction of sp³-hybridized carbons (Fsp3) is 0.316. The van der Waals surface area contributed by atoms with E-state index in [9.17, 15) is 27.1 Å². The highest BCUT2D eigenvalue weighted by atomic mass is 32.2. The molecule has 0 aromatic heterocycles. The van der Waals surface area contributed by atoms with Crippen LogP contribution in [-0.2, 0) is 21.4 Å². The molecular formula is C19H20F2N2O6S. The van der Waals surface area contributed by atoms with Gasteiger partial charge in [-0.15, -0.1) is 0 Å². The van der Waals surface area contributed by atoms with E-state index >= 15 is 0 Å². The van der Waals surface area contributed by atoms with Crippen LogP contribution in [0.1, 0.15) is 18.4 Å². The van der Waals surface area contributed by atoms with Crippen molar-refractivity contribution < 1.29 is 37.0 Å². The molecule has 0 bridgehead atoms. The zero-order chi connectivity index (χ0) is 21.9. The molecule has 2 atom stereocenters. The van der Waals surface area contributed by atoms with Crippen molar-refractivity contribution in [2.45, 2.75) is 36.5 Å². The van der Waals surface area contributed by atoms with Gasteiger partial charge in [0.05, 0.1) is 11.0 Å². The third-order valence-corrected chi connectivity index (χ3v) is 6.65. The quantitative estimate of drug-likeness (QED) is 0.462. The van der Waals surface area contributed by atoms with Gasteiger partial charge in [0.25, 0.3) is 5.91 Å². The Morgan fingerprint density at radius 2 is 1.87 bits per heavy atom. The third-order valence-electron chi connectivity index (χ3n) is 4.76. The molecule has 3 N–H and O–H groups in total. The predicted octanol–water partition coefficient (Wildman–Crippen LogP) is 1.56. The van der Waals surface area contributed by atoms with Crippen LogP contribution in [0.3, 0.4) is 0 Å². The lowest BCUT2D eigenvalue weighted by molar-refractivity contribution is -0.135. The molecule has 0 spiro atoms. The number of nitrogens with one attached hydrogen (secondary N) is 1. The summed E-state index contributed by atoms with van der Waals surface area (Å²) in [5.41, 5.74) is 1.58. The molecule has 0 saturated carbocycles. The number of piperidine rings is 1. The Kier molecular flexibility index (Phi) is 6.66. The van der Waals surface area contributed by atoms with Crippen molar-refractivity contribution in [1.29, 1.82) is 0 Å². The van der Waals surface area contributed by atoms with E-state index in [0.717, 1.165) is 16.4 Å². The third kappa shape index (κ3) is 4.75. The molecule has 1 heterocycles. The summed E-state index contributed by atoms with van der Waals surface area (Å²) in [6.07, 6.45) is -0.663. The minimum atomic E-state index is -4.15. The number of carbonyl (C=O) groups excluding carboxylic acids is 1. The lowest BCUT2D eigenvalue weighted by Crippen LogP contribution is -2.54. The van der Waals surface area contributed by atoms with Crippen molar-refractivity contribution in [3.8, 4) is 5.75 Å². The maximum atomic E-state index is 13.7. The second-order valence-corrected chi connectivity index (χ2v) is 8.68. The highest BCUT2D eigenvalue weighted by Crippen LogP contribution is 2.27. The summed E-state index contributed by atoms with van der Waals surface area (Å²) < 4.78 is 58.8. The van der Waals surface area contributed by atoms with Crippen molar-refractivity contribution in [1.82, 2.24) is 9.79 Å². The normalized spacial score (nSPS) is 20.0. The molecule has 8 nitrogen and oxygen atoms in total. The first kappa shape index (κ1) is 22.1. The van der Waals surface area contributed by atoms with Crippen molar-refractivity contribution in [3.05, 3.63) is 59.7 Å². The molecule has 0 aliphatic carbocycles. The zero-order valence-corrected chi connectivity index (χ0v) is 16.5. The number of carbonyl (C=O) groups is 1. The van der Waals surface area contributed by atoms with Crippen molar-refractivity contribution in [3.63, 3.8) is 0 Å². The molecule has 1 fully saturated rings. The molecule has 2 aromatic carbocycles. The Bertz CT molecular complexity index is 1020. The maximum Gasteiger partial charge on any atom is 0.261 e. The summed E-state index contributed by atoms with van der Waals surface area (Å²) in [7, 11) is -4.15. The van der Waals surface area contributed by atoms with Gasteiger partial charge in [0, 0.05) is 18.2 Å². The average molecular weight is 442 g/mol. The van der Waals surface area contributed by atoms with E-state index in [4.69, 9.17) is 9.94 Å². The van der Waals surface area contributed by atoms with Gasteiger partial charge in [-0.1, -0.05) is 0 Å². The summed E-state index contributed by atoms with van der Waals surface area (Å²) in [6.45, 7) is -0.474. The summed E-state index contributed by atoms with van der Waals surface area (Å²) >= 11 is 0. The molecule has 2 unspecified atom stereocenters. The number of amides is 1. The number of aliphatic hydroxyl groups excluding tert-OH is 1. The van der Waals surface area contributed by atoms with Gasteiger partial charge < -0.3 is 9.84 Å². The number of sulfonamides is 1. The number of β-amino-alcohol motifs (C(OH)–C–C–N with tert-alkyl or cyclic N) is 1. The van der Waals surface area contributed by atoms with Gasteiger partial charge in [0.2, 0.25) is 10.0 Å². The zero-order valence-electron chi connectivity index (χ0n) is 15.7. The Morgan fingerprint density at radius 1 is 1.17 bits per heavy atom. The minimum Gasteiger partial charge on any atom is -0.489 e. The number of aliphatic hydroxyl groups is 1. The smallest absolute Gasteiger partial charge is 0.261 e. The van der Waals surface area contributed by atoms with Crippen molar-refractivity contribution in [2.75, 3.05) is 6.54 Å². The number of ether oxygens (including phenoxy) is 1. The van der Waals surface area contributed by atoms with Gasteiger partial charge in [-0.05, 0) is 49.2 Å². The molecule has 1 aliphatic rings. The second kappa shape index (κ2) is 9.04. The van der Waals surface area contributed by atoms with Crippen LogP contribution >= 0.6 is 0 Å². The van der Waals surface area contributed by atoms with Gasteiger partial charge in [-0.25, -0.2) is 22.7 Å². The molecule has 1 aliphatic heterocycles. The van der Waals surface area contributed by atoms with E-state index in [0.29, 0.717) is 0 Å². The Morgan fingerprint density at radius 3 is 2.50 bits per heavy atom. The molecule has 11 heteroatoms. The summed E-state index contributed by atoms with van der Waals surface area (Å²) in [6, 6.07) is 7.15. The van der Waals surface area contributed by atoms with Crippen LogP contribution in [0.15, 0.2) is 47.4 Å². The largest absolute Gasteiger partial charge is 0.489 e. The van der Waals surface area contributed by atoms with Crippen LogP contribution in [0.4, 0.5) is 8.78 Å². The first-order valence-corrected chi connectivity index (χ1v) is 10.5. The number of halogens is 2. The Balaban J connectivity index is 1.75. The van der Waals surface area contributed by atoms with Gasteiger partial charge in [-0.3, -0.25) is 10.0 Å². The first-order valence-electron chi connectivity index (χ1n) is 9.03. The number of benzene rings is 2. The number of hydroxylamine groups is 1. The fourth-order valence-electron chi connectivity index (χ4n) is 3.17. The lowest BCUT2D eigenvalue weighted by Gasteiger charge is -2.35. The fourth-order valence-corrected chi connectivity index (χ4v) is 4.82. The monoisotopic (exact) mass is 442 g/mol. The summed E-state index contributed by atoms with van der Waals surface area (Å²) in [4.78, 5) is 11.7. The molecule has 0 radical (unpaired) electrons. The van der Waals surface area contributed by atoms with E-state index < -0.39 is 39.7 Å². The maximum absolute atomic E-state index is 13.7. The molecule has 3 rings (SSSR count). The Hall–Kier alpha value is -2.60. The first-order chi connectivity index (χ1) is 14.2. The second-order valence-electron chi connectivity index (χ2n) is 6.79. The van der Waals surface area contributed by atoms with Crippen molar-refractivity contribution in [2.24, 2.45) is 0 Å². The van der Waals surface area contributed by atoms with Gasteiger partial charge in [-0.2, -0.15) is 4.31 Å². The molecule has 162 valence electrons. The standard InChI is InChI=1S/C19H20F2N2O6S/c20-13-2-1-12(17(21)9-13)11-29-15-4-6-16(7-5-15)30(27,28)23-10-14(24)3-8-18(23)19(25)22-26/h1-2,4-7,9,14,18,24,26H,3,8,10-11H2,(H,22,25). The minimum absolute atomic E-state index is 0.0528. The number of nitrogens with zero attached hydrogens (tertiary/aromatic N) is 1. The number of hydrogen-bond acceptors (Lipinski definition) is 6. The topological polar surface area (TPSA) is 116 Å². The van der Waals surface area contributed by atoms with Gasteiger partial charge >= 0.3 is 0 Å². The van der Waals surface area contributed by atoms with Gasteiger partial charge in [0.1, 0.15) is 30.0 Å². The number of rotatable bonds is 6. The van der Waals surface area contributed by atoms with E-state index in [1.165, 1.54) is 35.8 Å². The lowest BCUT2D eigenvalue weighted by atomic mass is 10.0. The average Bonchev–Trinajstić information content (AvgIpc) is 2.73. The predicted molar refractivity (Wildman–Crippen MR) is 100.0 cm³/mol. The van der Waals surface area contributed by atoms with E-state index in [-0.39, 0.29) is 42.2 Å². The summed E-state index contributed by atoms with van der Waals surface area (Å²) in [5, 5.41) is 18.7. The van der Waals surface area contributed by atoms with E-state index in [1.807, 2.05) is 0 Å². The van der Waals surface area contributed by atoms with Crippen LogP contribution in [0, 0.1) is 11.6 Å². The van der Waals surface area contributed by atoms with Crippen LogP contribution in [0.2, 0.25) is 0 Å². The molecule has 1 amide bonds. The van der Waals surface area contributed by atoms with Crippen LogP contribution in [0.25, 0.3) is 0 Å². The molecule has 1 saturated heterocycles. The molecular weight excluding hydrogens is 422 g/mol. The van der Waals surface area contributed by atoms with E-state index in [1.54, 1.807) is 0 Å². The SMILES string of the molecule is O=C(NO)C1CCC(O)CN1S(=O)(=O)c1ccc(OCc2ccc(F)cc2F)cc1. The van der Waals surface area contributed by atoms with Gasteiger partial charge in [0.15, 0.2) is 0 Å². The van der Waals surface area contributed by atoms with Crippen LogP contribution < -0.4 is 10.2 Å². The Labute approximate surface area is 171 Å². The number of hydrogen-bond donors (Lipinski definition) is 3. The molecule has 2 aromatic rings. The highest BCUT2D eigenvalue weighted by molar-refractivity contribution is 7.89. The van der Waals surface area contributed by atoms with Crippen LogP contribution in [-0.4, -0.2) is 47.6 Å². The molecule has 30 heavy (non-hydrogen) atoms. The van der Waals surface area contributed by atoms with Crippen molar-refractivity contribution >= 4 is 15.9 Å². The van der Waals surface area contributed by atoms with Crippen LogP contribution in [0.5, 0.6) is 5.75 Å². The summed E-state index contributed by atoms with van der Waals surface area (Å²) in [5.74, 6) is -2.10. The highest BCUT2D eigenvalue weighted by Gasteiger charge is 2.40.